The summed E-state index contributed by atoms with van der Waals surface area (Å²) in [6.45, 7) is 0. The van der Waals surface area contributed by atoms with Crippen LogP contribution in [0.2, 0.25) is 0 Å². The molecule has 0 aliphatic heterocycles. The number of nitrogens with zero attached hydrogens (tertiary/aromatic N) is 1. The van der Waals surface area contributed by atoms with Gasteiger partial charge in [0.2, 0.25) is 0 Å². The van der Waals surface area contributed by atoms with E-state index in [0.717, 1.165) is 5.56 Å². The molecule has 20 heavy (non-hydrogen) atoms. The fraction of sp³-hybridized carbons (Fsp3) is 0.188. The van der Waals surface area contributed by atoms with E-state index in [1.54, 1.807) is 18.2 Å². The van der Waals surface area contributed by atoms with Gasteiger partial charge in [0, 0.05) is 12.5 Å². The molecule has 0 saturated heterocycles. The minimum absolute atomic E-state index is 0.304. The third-order valence-electron chi connectivity index (χ3n) is 2.80. The Labute approximate surface area is 116 Å². The first-order chi connectivity index (χ1) is 9.67. The molecule has 2 aromatic carbocycles. The Kier molecular flexibility index (Phi) is 4.67. The van der Waals surface area contributed by atoms with E-state index in [0.29, 0.717) is 18.6 Å². The lowest BCUT2D eigenvalue weighted by molar-refractivity contribution is 0.244. The van der Waals surface area contributed by atoms with Gasteiger partial charge in [-0.2, -0.15) is 5.26 Å². The fourth-order valence-electron chi connectivity index (χ4n) is 1.84. The van der Waals surface area contributed by atoms with Crippen molar-refractivity contribution in [3.05, 3.63) is 65.7 Å². The summed E-state index contributed by atoms with van der Waals surface area (Å²) in [6, 6.07) is 13.9. The van der Waals surface area contributed by atoms with E-state index in [9.17, 15) is 8.78 Å². The highest BCUT2D eigenvalue weighted by atomic mass is 19.1. The van der Waals surface area contributed by atoms with Gasteiger partial charge in [0.25, 0.3) is 0 Å². The molecule has 1 unspecified atom stereocenters. The van der Waals surface area contributed by atoms with E-state index in [1.807, 2.05) is 6.07 Å². The summed E-state index contributed by atoms with van der Waals surface area (Å²) in [6.07, 6.45) is 0.238. The standard InChI is InChI=1S/C16H13F2NO/c17-13-4-1-3-12(9-13)7-8-16(11-19)20-15-6-2-5-14(18)10-15/h1-6,9-10,16H,7-8H2. The number of benzene rings is 2. The zero-order valence-electron chi connectivity index (χ0n) is 10.7. The molecule has 0 bridgehead atoms. The van der Waals surface area contributed by atoms with Crippen LogP contribution in [0.15, 0.2) is 48.5 Å². The highest BCUT2D eigenvalue weighted by Gasteiger charge is 2.10. The number of nitriles is 1. The summed E-state index contributed by atoms with van der Waals surface area (Å²) < 4.78 is 31.4. The Hall–Kier alpha value is -2.41. The number of halogens is 2. The average molecular weight is 273 g/mol. The Morgan fingerprint density at radius 3 is 2.40 bits per heavy atom. The van der Waals surface area contributed by atoms with Crippen LogP contribution < -0.4 is 4.74 Å². The number of aryl methyl sites for hydroxylation is 1. The Morgan fingerprint density at radius 2 is 1.75 bits per heavy atom. The highest BCUT2D eigenvalue weighted by Crippen LogP contribution is 2.16. The minimum Gasteiger partial charge on any atom is -0.475 e. The Morgan fingerprint density at radius 1 is 1.05 bits per heavy atom. The maximum Gasteiger partial charge on any atom is 0.184 e. The van der Waals surface area contributed by atoms with Crippen molar-refractivity contribution in [3.63, 3.8) is 0 Å². The van der Waals surface area contributed by atoms with Gasteiger partial charge in [-0.15, -0.1) is 0 Å². The maximum atomic E-state index is 13.0. The number of hydrogen-bond acceptors (Lipinski definition) is 2. The van der Waals surface area contributed by atoms with Crippen molar-refractivity contribution >= 4 is 0 Å². The largest absolute Gasteiger partial charge is 0.475 e. The quantitative estimate of drug-likeness (QED) is 0.828. The molecule has 4 heteroatoms. The first-order valence-corrected chi connectivity index (χ1v) is 6.23. The molecule has 0 aliphatic rings. The molecule has 0 heterocycles. The SMILES string of the molecule is N#CC(CCc1cccc(F)c1)Oc1cccc(F)c1. The fourth-order valence-corrected chi connectivity index (χ4v) is 1.84. The van der Waals surface area contributed by atoms with E-state index in [1.165, 1.54) is 30.3 Å². The van der Waals surface area contributed by atoms with Gasteiger partial charge in [-0.25, -0.2) is 8.78 Å². The van der Waals surface area contributed by atoms with Crippen molar-refractivity contribution in [1.29, 1.82) is 5.26 Å². The molecular formula is C16H13F2NO. The van der Waals surface area contributed by atoms with Crippen molar-refractivity contribution in [2.24, 2.45) is 0 Å². The molecule has 2 aromatic rings. The van der Waals surface area contributed by atoms with Crippen LogP contribution in [0, 0.1) is 23.0 Å². The van der Waals surface area contributed by atoms with Gasteiger partial charge >= 0.3 is 0 Å². The van der Waals surface area contributed by atoms with Crippen LogP contribution in [0.1, 0.15) is 12.0 Å². The molecule has 2 nitrogen and oxygen atoms in total. The van der Waals surface area contributed by atoms with Crippen molar-refractivity contribution < 1.29 is 13.5 Å². The van der Waals surface area contributed by atoms with Crippen LogP contribution in [0.5, 0.6) is 5.75 Å². The third kappa shape index (κ3) is 4.06. The summed E-state index contributed by atoms with van der Waals surface area (Å²) in [5.74, 6) is -0.401. The van der Waals surface area contributed by atoms with E-state index in [4.69, 9.17) is 10.00 Å². The Balaban J connectivity index is 1.95. The molecule has 1 atom stereocenters. The van der Waals surface area contributed by atoms with Crippen molar-refractivity contribution in [1.82, 2.24) is 0 Å². The normalized spacial score (nSPS) is 11.7. The molecule has 0 spiro atoms. The van der Waals surface area contributed by atoms with E-state index >= 15 is 0 Å². The predicted molar refractivity (Wildman–Crippen MR) is 71.2 cm³/mol. The van der Waals surface area contributed by atoms with Crippen molar-refractivity contribution in [2.75, 3.05) is 0 Å². The summed E-state index contributed by atoms with van der Waals surface area (Å²) in [4.78, 5) is 0. The lowest BCUT2D eigenvalue weighted by atomic mass is 10.1. The van der Waals surface area contributed by atoms with Gasteiger partial charge in [-0.1, -0.05) is 18.2 Å². The van der Waals surface area contributed by atoms with Crippen molar-refractivity contribution in [2.45, 2.75) is 18.9 Å². The molecule has 0 radical (unpaired) electrons. The summed E-state index contributed by atoms with van der Waals surface area (Å²) >= 11 is 0. The number of rotatable bonds is 5. The van der Waals surface area contributed by atoms with E-state index < -0.39 is 11.9 Å². The van der Waals surface area contributed by atoms with Gasteiger partial charge in [0.15, 0.2) is 6.10 Å². The molecule has 0 fully saturated rings. The zero-order chi connectivity index (χ0) is 14.4. The minimum atomic E-state index is -0.694. The summed E-state index contributed by atoms with van der Waals surface area (Å²) in [5.41, 5.74) is 0.799. The monoisotopic (exact) mass is 273 g/mol. The van der Waals surface area contributed by atoms with Crippen LogP contribution in [0.25, 0.3) is 0 Å². The number of hydrogen-bond donors (Lipinski definition) is 0. The molecule has 0 N–H and O–H groups in total. The third-order valence-corrected chi connectivity index (χ3v) is 2.80. The molecule has 2 rings (SSSR count). The van der Waals surface area contributed by atoms with Gasteiger partial charge in [-0.05, 0) is 36.2 Å². The summed E-state index contributed by atoms with van der Waals surface area (Å²) in [7, 11) is 0. The first-order valence-electron chi connectivity index (χ1n) is 6.23. The Bertz CT molecular complexity index is 622. The van der Waals surface area contributed by atoms with Gasteiger partial charge < -0.3 is 4.74 Å². The molecule has 0 saturated carbocycles. The van der Waals surface area contributed by atoms with Gasteiger partial charge in [0.1, 0.15) is 23.5 Å². The molecule has 0 amide bonds. The highest BCUT2D eigenvalue weighted by molar-refractivity contribution is 5.23. The zero-order valence-corrected chi connectivity index (χ0v) is 10.7. The summed E-state index contributed by atoms with van der Waals surface area (Å²) in [5, 5.41) is 9.05. The smallest absolute Gasteiger partial charge is 0.184 e. The molecule has 0 aliphatic carbocycles. The second-order valence-electron chi connectivity index (χ2n) is 4.36. The van der Waals surface area contributed by atoms with E-state index in [-0.39, 0.29) is 5.82 Å². The van der Waals surface area contributed by atoms with Crippen LogP contribution in [-0.2, 0) is 6.42 Å². The maximum absolute atomic E-state index is 13.0. The van der Waals surface area contributed by atoms with E-state index in [2.05, 4.69) is 0 Å². The van der Waals surface area contributed by atoms with Gasteiger partial charge in [0.05, 0.1) is 0 Å². The topological polar surface area (TPSA) is 33.0 Å². The lowest BCUT2D eigenvalue weighted by Crippen LogP contribution is -2.15. The first kappa shape index (κ1) is 14.0. The van der Waals surface area contributed by atoms with Gasteiger partial charge in [-0.3, -0.25) is 0 Å². The molecule has 102 valence electrons. The second-order valence-corrected chi connectivity index (χ2v) is 4.36. The van der Waals surface area contributed by atoms with Crippen molar-refractivity contribution in [3.8, 4) is 11.8 Å². The predicted octanol–water partition coefficient (Wildman–Crippen LogP) is 3.87. The van der Waals surface area contributed by atoms with Crippen LogP contribution >= 0.6 is 0 Å². The molecular weight excluding hydrogens is 260 g/mol. The number of ether oxygens (including phenoxy) is 1. The second kappa shape index (κ2) is 6.67. The average Bonchev–Trinajstić information content (AvgIpc) is 2.43. The van der Waals surface area contributed by atoms with Crippen LogP contribution in [-0.4, -0.2) is 6.10 Å². The lowest BCUT2D eigenvalue weighted by Gasteiger charge is -2.12. The van der Waals surface area contributed by atoms with Crippen LogP contribution in [0.3, 0.4) is 0 Å². The van der Waals surface area contributed by atoms with Crippen LogP contribution in [0.4, 0.5) is 8.78 Å². The molecule has 0 aromatic heterocycles.